The van der Waals surface area contributed by atoms with E-state index in [1.54, 1.807) is 11.3 Å². The first-order valence-electron chi connectivity index (χ1n) is 12.1. The van der Waals surface area contributed by atoms with Crippen LogP contribution in [-0.2, 0) is 15.9 Å². The van der Waals surface area contributed by atoms with Crippen molar-refractivity contribution in [1.29, 1.82) is 0 Å². The van der Waals surface area contributed by atoms with E-state index < -0.39 is 0 Å². The number of nitrogens with zero attached hydrogens (tertiary/aromatic N) is 4. The minimum Gasteiger partial charge on any atom is -0.465 e. The number of hydrogen-bond acceptors (Lipinski definition) is 7. The normalized spacial score (nSPS) is 14.5. The molecule has 1 saturated heterocycles. The zero-order valence-electron chi connectivity index (χ0n) is 20.4. The first-order valence-corrected chi connectivity index (χ1v) is 13.0. The third-order valence-electron chi connectivity index (χ3n) is 6.55. The van der Waals surface area contributed by atoms with E-state index in [4.69, 9.17) is 19.6 Å². The number of rotatable bonds is 7. The van der Waals surface area contributed by atoms with E-state index in [-0.39, 0.29) is 5.97 Å². The number of carbonyl (C=O) groups is 1. The molecule has 0 unspecified atom stereocenters. The summed E-state index contributed by atoms with van der Waals surface area (Å²) in [6.07, 6.45) is 5.23. The average Bonchev–Trinajstić information content (AvgIpc) is 3.48. The van der Waals surface area contributed by atoms with E-state index in [0.29, 0.717) is 11.7 Å². The molecule has 0 radical (unpaired) electrons. The number of hydrogen-bond donors (Lipinski definition) is 0. The monoisotopic (exact) mass is 490 g/mol. The van der Waals surface area contributed by atoms with Gasteiger partial charge in [-0.2, -0.15) is 5.10 Å². The molecule has 3 heterocycles. The number of carbonyl (C=O) groups excluding carboxylic acids is 1. The number of benzene rings is 2. The zero-order chi connectivity index (χ0) is 24.4. The Hall–Kier alpha value is -3.23. The van der Waals surface area contributed by atoms with Crippen LogP contribution in [0.5, 0.6) is 0 Å². The van der Waals surface area contributed by atoms with Crippen molar-refractivity contribution in [3.63, 3.8) is 0 Å². The maximum absolute atomic E-state index is 12.0. The molecule has 0 aliphatic carbocycles. The molecule has 0 atom stereocenters. The largest absolute Gasteiger partial charge is 0.465 e. The van der Waals surface area contributed by atoms with Crippen LogP contribution in [0.1, 0.15) is 42.6 Å². The number of esters is 1. The van der Waals surface area contributed by atoms with Crippen molar-refractivity contribution in [3.8, 4) is 21.8 Å². The van der Waals surface area contributed by atoms with Gasteiger partial charge in [0.25, 0.3) is 0 Å². The van der Waals surface area contributed by atoms with E-state index in [1.165, 1.54) is 12.8 Å². The second kappa shape index (κ2) is 10.2. The molecule has 0 bridgehead atoms. The molecule has 1 aliphatic heterocycles. The number of aryl methyl sites for hydroxylation is 1. The topological polar surface area (TPSA) is 69.0 Å². The smallest absolute Gasteiger partial charge is 0.338 e. The molecule has 0 saturated carbocycles. The molecule has 1 fully saturated rings. The number of aromatic nitrogens is 3. The highest BCUT2D eigenvalue weighted by molar-refractivity contribution is 7.19. The summed E-state index contributed by atoms with van der Waals surface area (Å²) in [5, 5.41) is 5.71. The second-order valence-electron chi connectivity index (χ2n) is 8.67. The number of anilines is 1. The summed E-state index contributed by atoms with van der Waals surface area (Å²) in [4.78, 5) is 20.1. The predicted molar refractivity (Wildman–Crippen MR) is 139 cm³/mol. The number of piperidine rings is 1. The number of fused-ring (bicyclic) bond motifs is 1. The fraction of sp³-hybridized carbons (Fsp3) is 0.370. The molecule has 0 spiro atoms. The Morgan fingerprint density at radius 1 is 1.09 bits per heavy atom. The molecule has 5 rings (SSSR count). The Morgan fingerprint density at radius 2 is 1.83 bits per heavy atom. The van der Waals surface area contributed by atoms with Crippen LogP contribution in [0.2, 0.25) is 0 Å². The van der Waals surface area contributed by atoms with Gasteiger partial charge >= 0.3 is 5.97 Å². The standard InChI is InChI=1S/C27H30N4O3S/c1-4-18-16-20(8-11-23(18)26(32)33-3)24-17-31-27(28-24)35-25(29-31)19-6-9-21(10-7-19)30-14-12-22(13-15-30)34-5-2/h6-11,16-17,22H,4-5,12-15H2,1-3H3. The minimum absolute atomic E-state index is 0.313. The third kappa shape index (κ3) is 4.81. The summed E-state index contributed by atoms with van der Waals surface area (Å²) in [6, 6.07) is 14.4. The van der Waals surface area contributed by atoms with Gasteiger partial charge in [0.2, 0.25) is 4.96 Å². The summed E-state index contributed by atoms with van der Waals surface area (Å²) in [5.74, 6) is -0.313. The first kappa shape index (κ1) is 23.5. The van der Waals surface area contributed by atoms with Gasteiger partial charge in [-0.15, -0.1) is 0 Å². The van der Waals surface area contributed by atoms with Crippen LogP contribution in [0.3, 0.4) is 0 Å². The molecule has 0 amide bonds. The number of ether oxygens (including phenoxy) is 2. The van der Waals surface area contributed by atoms with Crippen molar-refractivity contribution in [2.75, 3.05) is 31.7 Å². The zero-order valence-corrected chi connectivity index (χ0v) is 21.2. The van der Waals surface area contributed by atoms with Crippen LogP contribution in [0.15, 0.2) is 48.7 Å². The second-order valence-corrected chi connectivity index (χ2v) is 9.62. The third-order valence-corrected chi connectivity index (χ3v) is 7.53. The number of methoxy groups -OCH3 is 1. The Kier molecular flexibility index (Phi) is 6.83. The number of imidazole rings is 1. The van der Waals surface area contributed by atoms with Crippen LogP contribution in [-0.4, -0.2) is 53.5 Å². The first-order chi connectivity index (χ1) is 17.1. The van der Waals surface area contributed by atoms with Gasteiger partial charge in [0.1, 0.15) is 5.01 Å². The molecule has 7 nitrogen and oxygen atoms in total. The van der Waals surface area contributed by atoms with Gasteiger partial charge in [0.15, 0.2) is 0 Å². The highest BCUT2D eigenvalue weighted by Crippen LogP contribution is 2.31. The lowest BCUT2D eigenvalue weighted by Crippen LogP contribution is -2.37. The van der Waals surface area contributed by atoms with E-state index in [1.807, 2.05) is 35.8 Å². The molecule has 35 heavy (non-hydrogen) atoms. The summed E-state index contributed by atoms with van der Waals surface area (Å²) in [7, 11) is 1.40. The average molecular weight is 491 g/mol. The van der Waals surface area contributed by atoms with Gasteiger partial charge in [0.05, 0.1) is 30.7 Å². The van der Waals surface area contributed by atoms with Gasteiger partial charge in [-0.25, -0.2) is 14.3 Å². The Morgan fingerprint density at radius 3 is 2.49 bits per heavy atom. The van der Waals surface area contributed by atoms with Crippen LogP contribution >= 0.6 is 11.3 Å². The summed E-state index contributed by atoms with van der Waals surface area (Å²) in [6.45, 7) is 6.93. The summed E-state index contributed by atoms with van der Waals surface area (Å²) < 4.78 is 12.5. The van der Waals surface area contributed by atoms with Crippen LogP contribution < -0.4 is 4.90 Å². The van der Waals surface area contributed by atoms with Crippen molar-refractivity contribution >= 4 is 28.0 Å². The van der Waals surface area contributed by atoms with E-state index in [9.17, 15) is 4.79 Å². The lowest BCUT2D eigenvalue weighted by atomic mass is 10.0. The molecular formula is C27H30N4O3S. The summed E-state index contributed by atoms with van der Waals surface area (Å²) in [5.41, 5.74) is 5.68. The molecule has 0 N–H and O–H groups in total. The lowest BCUT2D eigenvalue weighted by Gasteiger charge is -2.33. The lowest BCUT2D eigenvalue weighted by molar-refractivity contribution is 0.0459. The molecule has 1 aliphatic rings. The van der Waals surface area contributed by atoms with Crippen LogP contribution in [0.4, 0.5) is 5.69 Å². The Labute approximate surface area is 209 Å². The summed E-state index contributed by atoms with van der Waals surface area (Å²) >= 11 is 1.57. The molecule has 8 heteroatoms. The minimum atomic E-state index is -0.313. The van der Waals surface area contributed by atoms with Gasteiger partial charge in [-0.05, 0) is 68.1 Å². The Balaban J connectivity index is 1.32. The van der Waals surface area contributed by atoms with Gasteiger partial charge < -0.3 is 14.4 Å². The van der Waals surface area contributed by atoms with Crippen LogP contribution in [0, 0.1) is 0 Å². The van der Waals surface area contributed by atoms with E-state index >= 15 is 0 Å². The van der Waals surface area contributed by atoms with Gasteiger partial charge in [-0.1, -0.05) is 24.3 Å². The maximum atomic E-state index is 12.0. The van der Waals surface area contributed by atoms with Crippen molar-refractivity contribution in [1.82, 2.24) is 14.6 Å². The molecular weight excluding hydrogens is 460 g/mol. The van der Waals surface area contributed by atoms with Crippen molar-refractivity contribution < 1.29 is 14.3 Å². The highest BCUT2D eigenvalue weighted by Gasteiger charge is 2.20. The van der Waals surface area contributed by atoms with E-state index in [2.05, 4.69) is 36.1 Å². The van der Waals surface area contributed by atoms with Crippen molar-refractivity contribution in [3.05, 3.63) is 59.8 Å². The van der Waals surface area contributed by atoms with E-state index in [0.717, 1.165) is 71.3 Å². The highest BCUT2D eigenvalue weighted by atomic mass is 32.1. The quantitative estimate of drug-likeness (QED) is 0.320. The van der Waals surface area contributed by atoms with Crippen LogP contribution in [0.25, 0.3) is 26.8 Å². The molecule has 2 aromatic heterocycles. The Bertz CT molecular complexity index is 1290. The molecule has 4 aromatic rings. The maximum Gasteiger partial charge on any atom is 0.338 e. The fourth-order valence-electron chi connectivity index (χ4n) is 4.64. The fourth-order valence-corrected chi connectivity index (χ4v) is 5.53. The van der Waals surface area contributed by atoms with Gasteiger partial charge in [0, 0.05) is 36.5 Å². The predicted octanol–water partition coefficient (Wildman–Crippen LogP) is 5.48. The molecule has 182 valence electrons. The molecule has 2 aromatic carbocycles. The van der Waals surface area contributed by atoms with Crippen molar-refractivity contribution in [2.45, 2.75) is 39.2 Å². The SMILES string of the molecule is CCOC1CCN(c2ccc(-c3nn4cc(-c5ccc(C(=O)OC)c(CC)c5)nc4s3)cc2)CC1. The van der Waals surface area contributed by atoms with Gasteiger partial charge in [-0.3, -0.25) is 0 Å². The van der Waals surface area contributed by atoms with Crippen molar-refractivity contribution in [2.24, 2.45) is 0 Å².